The monoisotopic (exact) mass is 544 g/mol. The lowest BCUT2D eigenvalue weighted by molar-refractivity contribution is 0.795. The zero-order valence-corrected chi connectivity index (χ0v) is 22.1. The molecule has 7 aromatic carbocycles. The molecule has 0 radical (unpaired) electrons. The normalized spacial score (nSPS) is 16.7. The van der Waals surface area contributed by atoms with Crippen LogP contribution in [0.3, 0.4) is 0 Å². The molecule has 0 bridgehead atoms. The Kier molecular flexibility index (Phi) is 3.95. The predicted octanol–water partition coefficient (Wildman–Crippen LogP) is 10.3. The molecule has 1 unspecified atom stereocenters. The molecule has 0 nitrogen and oxygen atoms in total. The molecule has 0 aromatic heterocycles. The summed E-state index contributed by atoms with van der Waals surface area (Å²) >= 11 is 3.93. The first-order valence-electron chi connectivity index (χ1n) is 13.1. The van der Waals surface area contributed by atoms with Gasteiger partial charge in [-0.2, -0.15) is 0 Å². The van der Waals surface area contributed by atoms with Crippen molar-refractivity contribution in [3.8, 4) is 22.3 Å². The zero-order chi connectivity index (χ0) is 25.0. The molecule has 2 aliphatic rings. The molecular formula is C37H21Br. The van der Waals surface area contributed by atoms with E-state index in [1.807, 2.05) is 0 Å². The highest BCUT2D eigenvalue weighted by Crippen LogP contribution is 2.64. The van der Waals surface area contributed by atoms with Gasteiger partial charge in [-0.15, -0.1) is 0 Å². The molecular weight excluding hydrogens is 524 g/mol. The fourth-order valence-electron chi connectivity index (χ4n) is 7.54. The topological polar surface area (TPSA) is 0 Å². The number of benzene rings is 7. The summed E-state index contributed by atoms with van der Waals surface area (Å²) in [5, 5.41) is 7.91. The average Bonchev–Trinajstić information content (AvgIpc) is 3.44. The van der Waals surface area contributed by atoms with E-state index in [1.165, 1.54) is 76.8 Å². The van der Waals surface area contributed by atoms with E-state index < -0.39 is 0 Å². The minimum atomic E-state index is -0.345. The number of hydrogen-bond donors (Lipinski definition) is 0. The largest absolute Gasteiger partial charge is 0.0726 e. The Hall–Kier alpha value is -4.20. The molecule has 1 atom stereocenters. The summed E-state index contributed by atoms with van der Waals surface area (Å²) in [5.74, 6) is 0. The van der Waals surface area contributed by atoms with Gasteiger partial charge in [0.15, 0.2) is 0 Å². The summed E-state index contributed by atoms with van der Waals surface area (Å²) in [6.07, 6.45) is 0. The van der Waals surface area contributed by atoms with Crippen LogP contribution in [-0.2, 0) is 5.41 Å². The Morgan fingerprint density at radius 1 is 0.368 bits per heavy atom. The molecule has 0 saturated heterocycles. The van der Waals surface area contributed by atoms with Crippen LogP contribution >= 0.6 is 15.9 Å². The van der Waals surface area contributed by atoms with Crippen LogP contribution in [0.5, 0.6) is 0 Å². The second-order valence-corrected chi connectivity index (χ2v) is 11.4. The van der Waals surface area contributed by atoms with Crippen molar-refractivity contribution in [2.75, 3.05) is 0 Å². The zero-order valence-electron chi connectivity index (χ0n) is 20.5. The summed E-state index contributed by atoms with van der Waals surface area (Å²) in [6, 6.07) is 47.5. The fourth-order valence-corrected chi connectivity index (χ4v) is 8.12. The van der Waals surface area contributed by atoms with E-state index in [1.54, 1.807) is 0 Å². The van der Waals surface area contributed by atoms with Gasteiger partial charge in [0.25, 0.3) is 0 Å². The Balaban J connectivity index is 1.54. The van der Waals surface area contributed by atoms with E-state index in [4.69, 9.17) is 0 Å². The molecule has 2 aliphatic carbocycles. The van der Waals surface area contributed by atoms with Crippen LogP contribution in [0.15, 0.2) is 132 Å². The minimum absolute atomic E-state index is 0.345. The van der Waals surface area contributed by atoms with Crippen molar-refractivity contribution in [1.82, 2.24) is 0 Å². The summed E-state index contributed by atoms with van der Waals surface area (Å²) in [6.45, 7) is 0. The second kappa shape index (κ2) is 7.22. The Morgan fingerprint density at radius 3 is 1.55 bits per heavy atom. The lowest BCUT2D eigenvalue weighted by Gasteiger charge is -2.30. The van der Waals surface area contributed by atoms with Gasteiger partial charge in [0.05, 0.1) is 5.41 Å². The lowest BCUT2D eigenvalue weighted by Crippen LogP contribution is -2.25. The van der Waals surface area contributed by atoms with Crippen LogP contribution in [0.4, 0.5) is 0 Å². The number of halogens is 1. The highest BCUT2D eigenvalue weighted by atomic mass is 79.9. The van der Waals surface area contributed by atoms with Crippen molar-refractivity contribution in [2.45, 2.75) is 5.41 Å². The van der Waals surface area contributed by atoms with Crippen LogP contribution in [0.1, 0.15) is 22.3 Å². The van der Waals surface area contributed by atoms with Gasteiger partial charge in [0, 0.05) is 10.0 Å². The van der Waals surface area contributed by atoms with Crippen molar-refractivity contribution in [2.24, 2.45) is 0 Å². The molecule has 0 N–H and O–H groups in total. The van der Waals surface area contributed by atoms with Crippen LogP contribution in [0.25, 0.3) is 54.6 Å². The van der Waals surface area contributed by atoms with Crippen LogP contribution in [-0.4, -0.2) is 0 Å². The molecule has 1 heteroatoms. The van der Waals surface area contributed by atoms with Gasteiger partial charge in [-0.25, -0.2) is 0 Å². The first-order chi connectivity index (χ1) is 18.8. The number of fused-ring (bicyclic) bond motifs is 16. The van der Waals surface area contributed by atoms with Gasteiger partial charge in [-0.3, -0.25) is 0 Å². The first-order valence-corrected chi connectivity index (χ1v) is 13.9. The van der Waals surface area contributed by atoms with Crippen molar-refractivity contribution in [3.05, 3.63) is 154 Å². The molecule has 1 spiro atoms. The third-order valence-corrected chi connectivity index (χ3v) is 9.59. The highest BCUT2D eigenvalue weighted by Gasteiger charge is 2.52. The molecule has 0 heterocycles. The van der Waals surface area contributed by atoms with Gasteiger partial charge in [0.1, 0.15) is 0 Å². The van der Waals surface area contributed by atoms with Crippen LogP contribution in [0.2, 0.25) is 0 Å². The van der Waals surface area contributed by atoms with E-state index in [9.17, 15) is 0 Å². The fraction of sp³-hybridized carbons (Fsp3) is 0.0270. The maximum absolute atomic E-state index is 3.93. The maximum Gasteiger partial charge on any atom is 0.0726 e. The predicted molar refractivity (Wildman–Crippen MR) is 163 cm³/mol. The standard InChI is InChI=1S/C37H21Br/c38-35-19-9-18-33-36(35)27-15-6-8-17-32(27)37(33)31-16-7-5-14-26(31)30-20-28-24-12-3-1-10-22(24)23-11-2-4-13-25(23)29(28)21-34(30)37/h1-21H. The summed E-state index contributed by atoms with van der Waals surface area (Å²) < 4.78 is 1.16. The third-order valence-electron chi connectivity index (χ3n) is 8.93. The summed E-state index contributed by atoms with van der Waals surface area (Å²) in [5.41, 5.74) is 10.5. The van der Waals surface area contributed by atoms with E-state index in [2.05, 4.69) is 143 Å². The number of hydrogen-bond acceptors (Lipinski definition) is 0. The lowest BCUT2D eigenvalue weighted by atomic mass is 9.70. The van der Waals surface area contributed by atoms with Gasteiger partial charge < -0.3 is 0 Å². The van der Waals surface area contributed by atoms with Crippen molar-refractivity contribution in [3.63, 3.8) is 0 Å². The number of rotatable bonds is 0. The van der Waals surface area contributed by atoms with E-state index in [0.29, 0.717) is 0 Å². The van der Waals surface area contributed by atoms with Crippen molar-refractivity contribution in [1.29, 1.82) is 0 Å². The first kappa shape index (κ1) is 20.8. The molecule has 0 fully saturated rings. The Labute approximate surface area is 229 Å². The highest BCUT2D eigenvalue weighted by molar-refractivity contribution is 9.10. The third kappa shape index (κ3) is 2.33. The summed E-state index contributed by atoms with van der Waals surface area (Å²) in [7, 11) is 0. The van der Waals surface area contributed by atoms with Gasteiger partial charge in [-0.05, 0) is 89.5 Å². The Bertz CT molecular complexity index is 2150. The molecule has 38 heavy (non-hydrogen) atoms. The average molecular weight is 545 g/mol. The van der Waals surface area contributed by atoms with Gasteiger partial charge >= 0.3 is 0 Å². The van der Waals surface area contributed by atoms with Gasteiger partial charge in [-0.1, -0.05) is 125 Å². The van der Waals surface area contributed by atoms with Crippen LogP contribution < -0.4 is 0 Å². The van der Waals surface area contributed by atoms with E-state index >= 15 is 0 Å². The summed E-state index contributed by atoms with van der Waals surface area (Å²) in [4.78, 5) is 0. The van der Waals surface area contributed by atoms with E-state index in [0.717, 1.165) is 4.47 Å². The molecule has 176 valence electrons. The quantitative estimate of drug-likeness (QED) is 0.166. The maximum atomic E-state index is 3.93. The smallest absolute Gasteiger partial charge is 0.0619 e. The molecule has 7 aromatic rings. The SMILES string of the molecule is Brc1cccc2c1-c1ccccc1C21c2ccccc2-c2cc3c4ccccc4c4ccccc4c3cc21. The molecule has 0 amide bonds. The van der Waals surface area contributed by atoms with Gasteiger partial charge in [0.2, 0.25) is 0 Å². The minimum Gasteiger partial charge on any atom is -0.0619 e. The second-order valence-electron chi connectivity index (χ2n) is 10.5. The molecule has 0 aliphatic heterocycles. The van der Waals surface area contributed by atoms with Crippen molar-refractivity contribution < 1.29 is 0 Å². The molecule has 9 rings (SSSR count). The van der Waals surface area contributed by atoms with E-state index in [-0.39, 0.29) is 5.41 Å². The molecule has 0 saturated carbocycles. The Morgan fingerprint density at radius 2 is 0.868 bits per heavy atom. The van der Waals surface area contributed by atoms with Crippen molar-refractivity contribution >= 4 is 48.2 Å². The van der Waals surface area contributed by atoms with Crippen LogP contribution in [0, 0.1) is 0 Å².